The second-order valence-corrected chi connectivity index (χ2v) is 8.68. The summed E-state index contributed by atoms with van der Waals surface area (Å²) in [6.45, 7) is 2.02. The zero-order chi connectivity index (χ0) is 20.6. The molecule has 1 N–H and O–H groups in total. The fourth-order valence-electron chi connectivity index (χ4n) is 3.60. The predicted molar refractivity (Wildman–Crippen MR) is 108 cm³/mol. The number of hydrogen-bond donors (Lipinski definition) is 1. The Morgan fingerprint density at radius 2 is 2.10 bits per heavy atom. The van der Waals surface area contributed by atoms with Crippen molar-refractivity contribution in [2.24, 2.45) is 0 Å². The van der Waals surface area contributed by atoms with Crippen molar-refractivity contribution >= 4 is 21.1 Å². The van der Waals surface area contributed by atoms with Crippen molar-refractivity contribution in [1.29, 1.82) is 5.26 Å². The molecular weight excluding hydrogens is 390 g/mol. The van der Waals surface area contributed by atoms with Crippen LogP contribution in [0.15, 0.2) is 35.5 Å². The molecule has 1 aliphatic carbocycles. The number of aromatic nitrogens is 3. The molecule has 1 fully saturated rings. The van der Waals surface area contributed by atoms with Crippen LogP contribution in [-0.4, -0.2) is 36.6 Å². The molecule has 0 saturated heterocycles. The highest BCUT2D eigenvalue weighted by atomic mass is 32.2. The van der Waals surface area contributed by atoms with E-state index >= 15 is 0 Å². The van der Waals surface area contributed by atoms with Crippen molar-refractivity contribution in [3.05, 3.63) is 36.2 Å². The second kappa shape index (κ2) is 7.46. The van der Waals surface area contributed by atoms with Gasteiger partial charge in [-0.3, -0.25) is 4.98 Å². The van der Waals surface area contributed by atoms with E-state index in [1.54, 1.807) is 26.3 Å². The smallest absolute Gasteiger partial charge is 0.242 e. The van der Waals surface area contributed by atoms with Crippen molar-refractivity contribution < 1.29 is 13.2 Å². The van der Waals surface area contributed by atoms with Gasteiger partial charge in [-0.05, 0) is 37.5 Å². The highest BCUT2D eigenvalue weighted by Crippen LogP contribution is 2.42. The summed E-state index contributed by atoms with van der Waals surface area (Å²) in [5.74, 6) is 0.575. The number of rotatable bonds is 6. The molecule has 29 heavy (non-hydrogen) atoms. The van der Waals surface area contributed by atoms with E-state index in [9.17, 15) is 13.7 Å². The maximum Gasteiger partial charge on any atom is 0.242 e. The highest BCUT2D eigenvalue weighted by Gasteiger charge is 2.29. The molecule has 4 rings (SSSR count). The molecule has 1 aliphatic rings. The van der Waals surface area contributed by atoms with Crippen molar-refractivity contribution in [2.45, 2.75) is 37.1 Å². The number of fused-ring (bicyclic) bond motifs is 1. The van der Waals surface area contributed by atoms with Gasteiger partial charge >= 0.3 is 0 Å². The number of ether oxygens (including phenoxy) is 1. The summed E-state index contributed by atoms with van der Waals surface area (Å²) in [7, 11) is -2.03. The van der Waals surface area contributed by atoms with Gasteiger partial charge in [-0.15, -0.1) is 0 Å². The van der Waals surface area contributed by atoms with Crippen LogP contribution in [0.1, 0.15) is 37.8 Å². The van der Waals surface area contributed by atoms with Gasteiger partial charge in [-0.25, -0.2) is 18.1 Å². The normalized spacial score (nSPS) is 14.5. The van der Waals surface area contributed by atoms with E-state index in [2.05, 4.69) is 25.3 Å². The molecule has 0 amide bonds. The molecular formula is C20H21N5O3S. The largest absolute Gasteiger partial charge is 0.495 e. The van der Waals surface area contributed by atoms with E-state index in [1.165, 1.54) is 12.3 Å². The Kier molecular flexibility index (Phi) is 4.98. The molecule has 8 nitrogen and oxygen atoms in total. The Bertz CT molecular complexity index is 1210. The van der Waals surface area contributed by atoms with Crippen molar-refractivity contribution in [1.82, 2.24) is 19.3 Å². The lowest BCUT2D eigenvalue weighted by molar-refractivity contribution is 0.322. The molecule has 0 spiro atoms. The van der Waals surface area contributed by atoms with E-state index in [4.69, 9.17) is 4.74 Å². The van der Waals surface area contributed by atoms with Crippen LogP contribution in [0.3, 0.4) is 0 Å². The van der Waals surface area contributed by atoms with Gasteiger partial charge in [-0.1, -0.05) is 6.92 Å². The van der Waals surface area contributed by atoms with Crippen LogP contribution in [0, 0.1) is 11.3 Å². The van der Waals surface area contributed by atoms with Gasteiger partial charge in [0.05, 0.1) is 30.3 Å². The van der Waals surface area contributed by atoms with E-state index in [-0.39, 0.29) is 10.9 Å². The SMILES string of the molecule is CCNS(=O)(=O)c1ccc(-c2c(C#N)c3cc(OC)cnc3n2C2CCC2)nc1. The maximum atomic E-state index is 12.2. The fourth-order valence-corrected chi connectivity index (χ4v) is 4.58. The fraction of sp³-hybridized carbons (Fsp3) is 0.350. The third-order valence-corrected chi connectivity index (χ3v) is 6.76. The van der Waals surface area contributed by atoms with Gasteiger partial charge < -0.3 is 9.30 Å². The van der Waals surface area contributed by atoms with E-state index in [0.29, 0.717) is 40.3 Å². The standard InChI is InChI=1S/C20H21N5O3S/c1-3-24-29(26,27)15-7-8-18(22-12-15)19-17(10-21)16-9-14(28-2)11-23-20(16)25(19)13-5-4-6-13/h7-9,11-13,24H,3-6H2,1-2H3. The van der Waals surface area contributed by atoms with Gasteiger partial charge in [0.15, 0.2) is 0 Å². The molecule has 3 aromatic rings. The lowest BCUT2D eigenvalue weighted by Gasteiger charge is -2.29. The molecule has 1 saturated carbocycles. The minimum Gasteiger partial charge on any atom is -0.495 e. The van der Waals surface area contributed by atoms with Gasteiger partial charge in [0.2, 0.25) is 10.0 Å². The summed E-state index contributed by atoms with van der Waals surface area (Å²) in [4.78, 5) is 9.03. The van der Waals surface area contributed by atoms with Crippen molar-refractivity contribution in [2.75, 3.05) is 13.7 Å². The third-order valence-electron chi connectivity index (χ3n) is 5.23. The number of hydrogen-bond acceptors (Lipinski definition) is 6. The van der Waals surface area contributed by atoms with Crippen molar-refractivity contribution in [3.63, 3.8) is 0 Å². The Labute approximate surface area is 169 Å². The average Bonchev–Trinajstić information content (AvgIpc) is 3.00. The molecule has 150 valence electrons. The maximum absolute atomic E-state index is 12.2. The van der Waals surface area contributed by atoms with Crippen LogP contribution < -0.4 is 9.46 Å². The summed E-state index contributed by atoms with van der Waals surface area (Å²) in [5.41, 5.74) is 2.39. The number of sulfonamides is 1. The average molecular weight is 411 g/mol. The number of methoxy groups -OCH3 is 1. The molecule has 0 bridgehead atoms. The lowest BCUT2D eigenvalue weighted by Crippen LogP contribution is -2.23. The van der Waals surface area contributed by atoms with Crippen LogP contribution in [0.5, 0.6) is 5.75 Å². The van der Waals surface area contributed by atoms with Crippen LogP contribution in [0.2, 0.25) is 0 Å². The number of nitriles is 1. The molecule has 0 aliphatic heterocycles. The molecule has 3 aromatic heterocycles. The quantitative estimate of drug-likeness (QED) is 0.668. The molecule has 0 atom stereocenters. The Morgan fingerprint density at radius 3 is 2.66 bits per heavy atom. The molecule has 0 unspecified atom stereocenters. The van der Waals surface area contributed by atoms with Gasteiger partial charge in [-0.2, -0.15) is 5.26 Å². The number of pyridine rings is 2. The van der Waals surface area contributed by atoms with Crippen LogP contribution in [-0.2, 0) is 10.0 Å². The predicted octanol–water partition coefficient (Wildman–Crippen LogP) is 3.00. The highest BCUT2D eigenvalue weighted by molar-refractivity contribution is 7.89. The second-order valence-electron chi connectivity index (χ2n) is 6.92. The van der Waals surface area contributed by atoms with Gasteiger partial charge in [0.1, 0.15) is 22.4 Å². The summed E-state index contributed by atoms with van der Waals surface area (Å²) in [6.07, 6.45) is 6.09. The number of nitrogens with zero attached hydrogens (tertiary/aromatic N) is 4. The van der Waals surface area contributed by atoms with Crippen LogP contribution in [0.25, 0.3) is 22.4 Å². The summed E-state index contributed by atoms with van der Waals surface area (Å²) >= 11 is 0. The summed E-state index contributed by atoms with van der Waals surface area (Å²) < 4.78 is 34.2. The molecule has 0 aromatic carbocycles. The van der Waals surface area contributed by atoms with E-state index < -0.39 is 10.0 Å². The zero-order valence-corrected chi connectivity index (χ0v) is 17.0. The summed E-state index contributed by atoms with van der Waals surface area (Å²) in [5, 5.41) is 10.6. The topological polar surface area (TPSA) is 110 Å². The zero-order valence-electron chi connectivity index (χ0n) is 16.2. The first-order valence-electron chi connectivity index (χ1n) is 9.44. The first kappa shape index (κ1) is 19.4. The Balaban J connectivity index is 1.92. The minimum absolute atomic E-state index is 0.0905. The molecule has 9 heteroatoms. The van der Waals surface area contributed by atoms with Gasteiger partial charge in [0.25, 0.3) is 0 Å². The monoisotopic (exact) mass is 411 g/mol. The van der Waals surface area contributed by atoms with Crippen molar-refractivity contribution in [3.8, 4) is 23.2 Å². The molecule has 3 heterocycles. The Morgan fingerprint density at radius 1 is 1.31 bits per heavy atom. The minimum atomic E-state index is -3.59. The first-order valence-corrected chi connectivity index (χ1v) is 10.9. The first-order chi connectivity index (χ1) is 14.0. The van der Waals surface area contributed by atoms with Crippen LogP contribution in [0.4, 0.5) is 0 Å². The van der Waals surface area contributed by atoms with E-state index in [0.717, 1.165) is 19.3 Å². The summed E-state index contributed by atoms with van der Waals surface area (Å²) in [6, 6.07) is 7.49. The van der Waals surface area contributed by atoms with E-state index in [1.807, 2.05) is 6.07 Å². The van der Waals surface area contributed by atoms with Gasteiger partial charge in [0, 0.05) is 24.2 Å². The van der Waals surface area contributed by atoms with Crippen LogP contribution >= 0.6 is 0 Å². The lowest BCUT2D eigenvalue weighted by atomic mass is 9.92. The molecule has 0 radical (unpaired) electrons. The third kappa shape index (κ3) is 3.24. The number of nitrogens with one attached hydrogen (secondary N) is 1. The Hall–Kier alpha value is -2.96.